The average molecular weight is 651 g/mol. The molecule has 1 aliphatic heterocycles. The highest BCUT2D eigenvalue weighted by atomic mass is 19.4. The van der Waals surface area contributed by atoms with Gasteiger partial charge in [0.25, 0.3) is 5.91 Å². The van der Waals surface area contributed by atoms with Crippen molar-refractivity contribution >= 4 is 29.2 Å². The number of urea groups is 1. The van der Waals surface area contributed by atoms with E-state index in [0.29, 0.717) is 36.6 Å². The minimum absolute atomic E-state index is 0.0358. The van der Waals surface area contributed by atoms with Crippen LogP contribution < -0.4 is 15.4 Å². The molecule has 2 aromatic carbocycles. The second-order valence-corrected chi connectivity index (χ2v) is 11.8. The fraction of sp³-hybridized carbons (Fsp3) is 0.545. The fourth-order valence-corrected chi connectivity index (χ4v) is 5.09. The summed E-state index contributed by atoms with van der Waals surface area (Å²) in [7, 11) is 1.44. The Bertz CT molecular complexity index is 1300. The first-order chi connectivity index (χ1) is 21.8. The van der Waals surface area contributed by atoms with Crippen LogP contribution in [-0.2, 0) is 9.53 Å². The first kappa shape index (κ1) is 36.6. The molecule has 3 rings (SSSR count). The number of nitrogens with zero attached hydrogens (tertiary/aromatic N) is 2. The van der Waals surface area contributed by atoms with Crippen molar-refractivity contribution in [2.75, 3.05) is 44.0 Å². The van der Waals surface area contributed by atoms with E-state index in [1.165, 1.54) is 22.9 Å². The molecule has 0 spiro atoms. The second kappa shape index (κ2) is 17.2. The van der Waals surface area contributed by atoms with Gasteiger partial charge in [0, 0.05) is 50.5 Å². The number of carbonyl (C=O) groups excluding carboxylic acids is 3. The van der Waals surface area contributed by atoms with Gasteiger partial charge in [-0.05, 0) is 63.4 Å². The molecule has 0 radical (unpaired) electrons. The van der Waals surface area contributed by atoms with Crippen molar-refractivity contribution < 1.29 is 42.1 Å². The zero-order valence-corrected chi connectivity index (χ0v) is 26.8. The number of alkyl halides is 3. The molecule has 254 valence electrons. The van der Waals surface area contributed by atoms with E-state index in [1.54, 1.807) is 43.3 Å². The molecule has 1 heterocycles. The lowest BCUT2D eigenvalue weighted by molar-refractivity contribution is -0.149. The summed E-state index contributed by atoms with van der Waals surface area (Å²) >= 11 is 0. The number of para-hydroxylation sites is 1. The maximum absolute atomic E-state index is 14.2. The van der Waals surface area contributed by atoms with Gasteiger partial charge in [-0.2, -0.15) is 13.2 Å². The van der Waals surface area contributed by atoms with E-state index >= 15 is 0 Å². The summed E-state index contributed by atoms with van der Waals surface area (Å²) in [5, 5.41) is 15.6. The van der Waals surface area contributed by atoms with Crippen LogP contribution in [0.1, 0.15) is 63.2 Å². The van der Waals surface area contributed by atoms with Crippen LogP contribution in [0.5, 0.6) is 5.75 Å². The van der Waals surface area contributed by atoms with E-state index in [2.05, 4.69) is 10.6 Å². The Morgan fingerprint density at radius 1 is 1.09 bits per heavy atom. The number of aliphatic hydroxyl groups is 1. The number of nitrogens with one attached hydrogen (secondary N) is 2. The Morgan fingerprint density at radius 2 is 1.78 bits per heavy atom. The molecule has 4 atom stereocenters. The van der Waals surface area contributed by atoms with Gasteiger partial charge in [-0.1, -0.05) is 25.1 Å². The van der Waals surface area contributed by atoms with Crippen LogP contribution >= 0.6 is 0 Å². The number of hydrogen-bond acceptors (Lipinski definition) is 6. The Hall–Kier alpha value is -3.84. The molecule has 1 aliphatic rings. The molecular formula is C33H45F3N4O6. The molecular weight excluding hydrogens is 605 g/mol. The Labute approximate surface area is 268 Å². The largest absolute Gasteiger partial charge is 0.490 e. The number of fused-ring (bicyclic) bond motifs is 1. The number of carbonyl (C=O) groups is 3. The molecule has 3 N–H and O–H groups in total. The van der Waals surface area contributed by atoms with Gasteiger partial charge >= 0.3 is 12.2 Å². The monoisotopic (exact) mass is 650 g/mol. The average Bonchev–Trinajstić information content (AvgIpc) is 3.01. The predicted octanol–water partition coefficient (Wildman–Crippen LogP) is 5.93. The van der Waals surface area contributed by atoms with Crippen LogP contribution in [-0.4, -0.2) is 90.5 Å². The van der Waals surface area contributed by atoms with Gasteiger partial charge in [0.1, 0.15) is 5.75 Å². The quantitative estimate of drug-likeness (QED) is 0.326. The summed E-state index contributed by atoms with van der Waals surface area (Å²) in [6.45, 7) is 5.57. The fourth-order valence-electron chi connectivity index (χ4n) is 5.09. The highest BCUT2D eigenvalue weighted by molar-refractivity contribution is 6.02. The van der Waals surface area contributed by atoms with Crippen LogP contribution in [0.25, 0.3) is 0 Å². The molecule has 0 fully saturated rings. The lowest BCUT2D eigenvalue weighted by Crippen LogP contribution is -2.48. The van der Waals surface area contributed by atoms with Crippen molar-refractivity contribution in [3.63, 3.8) is 0 Å². The van der Waals surface area contributed by atoms with Crippen LogP contribution in [0.2, 0.25) is 0 Å². The van der Waals surface area contributed by atoms with Gasteiger partial charge in [0.05, 0.1) is 36.8 Å². The molecule has 13 heteroatoms. The number of ether oxygens (including phenoxy) is 2. The third-order valence-corrected chi connectivity index (χ3v) is 7.84. The van der Waals surface area contributed by atoms with Gasteiger partial charge in [0.2, 0.25) is 5.91 Å². The zero-order valence-electron chi connectivity index (χ0n) is 26.8. The number of amides is 4. The molecule has 0 saturated heterocycles. The molecule has 46 heavy (non-hydrogen) atoms. The van der Waals surface area contributed by atoms with Crippen LogP contribution in [0.15, 0.2) is 48.5 Å². The third kappa shape index (κ3) is 11.5. The second-order valence-electron chi connectivity index (χ2n) is 11.8. The Balaban J connectivity index is 1.89. The molecule has 4 amide bonds. The molecule has 0 aliphatic carbocycles. The Morgan fingerprint density at radius 3 is 2.46 bits per heavy atom. The van der Waals surface area contributed by atoms with Crippen molar-refractivity contribution in [2.24, 2.45) is 5.92 Å². The van der Waals surface area contributed by atoms with Crippen molar-refractivity contribution in [3.05, 3.63) is 54.1 Å². The number of benzene rings is 2. The zero-order chi connectivity index (χ0) is 33.9. The molecule has 10 nitrogen and oxygen atoms in total. The van der Waals surface area contributed by atoms with Gasteiger partial charge in [-0.3, -0.25) is 9.59 Å². The third-order valence-electron chi connectivity index (χ3n) is 7.84. The van der Waals surface area contributed by atoms with Crippen molar-refractivity contribution in [3.8, 4) is 5.75 Å². The molecule has 0 bridgehead atoms. The van der Waals surface area contributed by atoms with Crippen molar-refractivity contribution in [2.45, 2.75) is 77.3 Å². The van der Waals surface area contributed by atoms with Gasteiger partial charge in [0.15, 0.2) is 0 Å². The van der Waals surface area contributed by atoms with Crippen LogP contribution in [0.4, 0.5) is 29.3 Å². The summed E-state index contributed by atoms with van der Waals surface area (Å²) in [5.41, 5.74) is 1.13. The number of rotatable bonds is 8. The van der Waals surface area contributed by atoms with Crippen LogP contribution in [0.3, 0.4) is 0 Å². The first-order valence-electron chi connectivity index (χ1n) is 15.5. The normalized spacial score (nSPS) is 20.5. The number of likely N-dealkylation sites (N-methyl/N-ethyl adjacent to an activating group) is 1. The standard InChI is InChI=1S/C33H45F3N4O6/c1-22-19-40(23(2)21-41)31(43)27-18-26(38-32(44)37-25-11-6-5-7-12-25)13-14-28(27)46-24(3)10-8-9-17-45-29(22)20-39(4)30(42)15-16-33(34,35)36/h5-7,11-14,18,22-24,29,41H,8-10,15-17,19-21H2,1-4H3,(H2,37,38,44)/t22-,23+,24-,29+/m0/s1. The number of halogens is 3. The van der Waals surface area contributed by atoms with E-state index < -0.39 is 49.0 Å². The first-order valence-corrected chi connectivity index (χ1v) is 15.5. The SMILES string of the molecule is C[C@H](CO)N1C[C@H](C)[C@@H](CN(C)C(=O)CCC(F)(F)F)OCCCC[C@H](C)Oc2ccc(NC(=O)Nc3ccccc3)cc2C1=O. The van der Waals surface area contributed by atoms with E-state index in [1.807, 2.05) is 19.9 Å². The van der Waals surface area contributed by atoms with Crippen molar-refractivity contribution in [1.29, 1.82) is 0 Å². The van der Waals surface area contributed by atoms with E-state index in [9.17, 15) is 32.7 Å². The van der Waals surface area contributed by atoms with Gasteiger partial charge < -0.3 is 35.0 Å². The molecule has 0 aromatic heterocycles. The molecule has 2 aromatic rings. The van der Waals surface area contributed by atoms with Crippen LogP contribution in [0, 0.1) is 5.92 Å². The smallest absolute Gasteiger partial charge is 0.389 e. The topological polar surface area (TPSA) is 120 Å². The summed E-state index contributed by atoms with van der Waals surface area (Å²) < 4.78 is 50.6. The summed E-state index contributed by atoms with van der Waals surface area (Å²) in [5.74, 6) is -1.15. The maximum Gasteiger partial charge on any atom is 0.389 e. The summed E-state index contributed by atoms with van der Waals surface area (Å²) in [6, 6.07) is 12.6. The molecule has 0 unspecified atom stereocenters. The summed E-state index contributed by atoms with van der Waals surface area (Å²) in [4.78, 5) is 42.1. The minimum Gasteiger partial charge on any atom is -0.490 e. The lowest BCUT2D eigenvalue weighted by Gasteiger charge is -2.36. The summed E-state index contributed by atoms with van der Waals surface area (Å²) in [6.07, 6.45) is -5.08. The predicted molar refractivity (Wildman–Crippen MR) is 169 cm³/mol. The minimum atomic E-state index is -4.44. The highest BCUT2D eigenvalue weighted by Crippen LogP contribution is 2.29. The Kier molecular flexibility index (Phi) is 13.7. The van der Waals surface area contributed by atoms with Gasteiger partial charge in [-0.15, -0.1) is 0 Å². The van der Waals surface area contributed by atoms with E-state index in [0.717, 1.165) is 6.42 Å². The highest BCUT2D eigenvalue weighted by Gasteiger charge is 2.32. The van der Waals surface area contributed by atoms with Gasteiger partial charge in [-0.25, -0.2) is 4.79 Å². The number of anilines is 2. The number of hydrogen-bond donors (Lipinski definition) is 3. The lowest BCUT2D eigenvalue weighted by atomic mass is 10.0. The maximum atomic E-state index is 14.2. The van der Waals surface area contributed by atoms with Crippen molar-refractivity contribution in [1.82, 2.24) is 9.80 Å². The van der Waals surface area contributed by atoms with E-state index in [-0.39, 0.29) is 37.3 Å². The number of aliphatic hydroxyl groups excluding tert-OH is 1. The molecule has 0 saturated carbocycles. The van der Waals surface area contributed by atoms with E-state index in [4.69, 9.17) is 9.47 Å².